The van der Waals surface area contributed by atoms with E-state index in [4.69, 9.17) is 0 Å². The number of benzene rings is 4. The zero-order valence-corrected chi connectivity index (χ0v) is 39.3. The molecule has 6 aliphatic rings. The molecule has 6 aliphatic carbocycles. The molecular formula is C50H62Cl2SiZr. The first kappa shape index (κ1) is 40.2. The molecule has 0 aliphatic heterocycles. The summed E-state index contributed by atoms with van der Waals surface area (Å²) in [5, 5.41) is 0. The molecule has 2 atom stereocenters. The number of hydrogen-bond donors (Lipinski definition) is 0. The second-order valence-corrected chi connectivity index (χ2v) is 50.3. The smallest absolute Gasteiger partial charge is 0.147 e. The molecule has 0 saturated heterocycles. The van der Waals surface area contributed by atoms with Crippen LogP contribution >= 0.6 is 24.8 Å². The molecule has 4 saturated carbocycles. The maximum Gasteiger partial charge on any atom is -0.147 e. The summed E-state index contributed by atoms with van der Waals surface area (Å²) in [7, 11) is 0. The Morgan fingerprint density at radius 1 is 0.630 bits per heavy atom. The van der Waals surface area contributed by atoms with Gasteiger partial charge in [-0.05, 0) is 0 Å². The molecule has 4 heteroatoms. The Morgan fingerprint density at radius 3 is 1.59 bits per heavy atom. The van der Waals surface area contributed by atoms with Gasteiger partial charge in [0.25, 0.3) is 0 Å². The van der Waals surface area contributed by atoms with Gasteiger partial charge in [0.2, 0.25) is 0 Å². The summed E-state index contributed by atoms with van der Waals surface area (Å²) in [5.74, 6) is 4.00. The maximum atomic E-state index is 2.82. The molecule has 0 radical (unpaired) electrons. The van der Waals surface area contributed by atoms with Crippen molar-refractivity contribution in [3.05, 3.63) is 129 Å². The first-order chi connectivity index (χ1) is 24.8. The average Bonchev–Trinajstić information content (AvgIpc) is 3.72. The zero-order chi connectivity index (χ0) is 36.2. The zero-order valence-electron chi connectivity index (χ0n) is 33.8. The average molecular weight is 853 g/mol. The minimum absolute atomic E-state index is 0. The summed E-state index contributed by atoms with van der Waals surface area (Å²) in [5.41, 5.74) is 18.7. The van der Waals surface area contributed by atoms with Crippen molar-refractivity contribution in [1.82, 2.24) is 0 Å². The predicted molar refractivity (Wildman–Crippen MR) is 239 cm³/mol. The molecule has 0 heterocycles. The van der Waals surface area contributed by atoms with Gasteiger partial charge in [-0.1, -0.05) is 0 Å². The summed E-state index contributed by atoms with van der Waals surface area (Å²) < 4.78 is 6.70. The Balaban J connectivity index is 0.00000225. The van der Waals surface area contributed by atoms with Crippen molar-refractivity contribution in [2.24, 2.45) is 23.7 Å². The van der Waals surface area contributed by atoms with E-state index in [0.29, 0.717) is 24.5 Å². The molecule has 4 fully saturated rings. The number of rotatable bonds is 8. The van der Waals surface area contributed by atoms with Crippen LogP contribution in [0.3, 0.4) is 0 Å². The summed E-state index contributed by atoms with van der Waals surface area (Å²) >= 11 is -3.72. The third kappa shape index (κ3) is 6.41. The van der Waals surface area contributed by atoms with Gasteiger partial charge in [-0.3, -0.25) is 0 Å². The minimum Gasteiger partial charge on any atom is -0.147 e. The number of hydrogen-bond acceptors (Lipinski definition) is 0. The van der Waals surface area contributed by atoms with Crippen LogP contribution in [0.4, 0.5) is 0 Å². The maximum absolute atomic E-state index is 3.72. The first-order valence-electron chi connectivity index (χ1n) is 20.8. The van der Waals surface area contributed by atoms with E-state index in [1.165, 1.54) is 77.5 Å². The van der Waals surface area contributed by atoms with Gasteiger partial charge in [0.15, 0.2) is 0 Å². The van der Waals surface area contributed by atoms with Crippen LogP contribution in [0.2, 0.25) is 9.26 Å². The molecule has 10 rings (SSSR count). The molecule has 2 unspecified atom stereocenters. The monoisotopic (exact) mass is 850 g/mol. The number of halogens is 2. The number of fused-ring (bicyclic) bond motifs is 2. The van der Waals surface area contributed by atoms with Crippen LogP contribution in [-0.4, -0.2) is 6.88 Å². The molecule has 4 bridgehead atoms. The van der Waals surface area contributed by atoms with E-state index in [-0.39, 0.29) is 24.8 Å². The van der Waals surface area contributed by atoms with Gasteiger partial charge in [0, 0.05) is 0 Å². The second kappa shape index (κ2) is 14.5. The molecule has 0 nitrogen and oxygen atoms in total. The van der Waals surface area contributed by atoms with Crippen LogP contribution in [0.1, 0.15) is 126 Å². The van der Waals surface area contributed by atoms with Crippen molar-refractivity contribution in [2.45, 2.75) is 107 Å². The van der Waals surface area contributed by atoms with E-state index >= 15 is 0 Å². The van der Waals surface area contributed by atoms with E-state index in [2.05, 4.69) is 148 Å². The molecular weight excluding hydrogens is 791 g/mol. The molecule has 0 spiro atoms. The molecule has 54 heavy (non-hydrogen) atoms. The van der Waals surface area contributed by atoms with Crippen LogP contribution < -0.4 is 0 Å². The summed E-state index contributed by atoms with van der Waals surface area (Å²) in [6.07, 6.45) is 15.2. The second-order valence-electron chi connectivity index (χ2n) is 19.8. The molecule has 0 N–H and O–H groups in total. The van der Waals surface area contributed by atoms with E-state index in [0.717, 1.165) is 24.2 Å². The Labute approximate surface area is 341 Å². The summed E-state index contributed by atoms with van der Waals surface area (Å²) in [4.78, 5) is 0. The number of allylic oxidation sites excluding steroid dienone is 2. The van der Waals surface area contributed by atoms with Gasteiger partial charge in [-0.25, -0.2) is 0 Å². The largest absolute Gasteiger partial charge is 0.147 e. The summed E-state index contributed by atoms with van der Waals surface area (Å²) in [6.45, 7) is 14.4. The standard InChI is InChI=1S/C27H29.C21H23.2CH3.2ClH.H2Si.Zr/c1-2-18-13-23-4-3-5-25(26(23)14-18)22-6-8-24(9-7-22)27-15-19-10-20(16-27)12-21(11-19)17-27;1-14(2)16-8-10-17(11-9-16)20-7-5-6-18-12-19(15(3)4)13-21(18)20;;;;;;/h3-9,13-14,19-21H,2,10-12,15-17H2,1H3;5-15H,1-4H3;2*1H3;2*1H;1H2;. The first-order valence-corrected chi connectivity index (χ1v) is 34.5. The van der Waals surface area contributed by atoms with Gasteiger partial charge >= 0.3 is 319 Å². The van der Waals surface area contributed by atoms with Crippen LogP contribution in [0, 0.1) is 23.7 Å². The van der Waals surface area contributed by atoms with Crippen molar-refractivity contribution in [2.75, 3.05) is 0 Å². The van der Waals surface area contributed by atoms with Crippen LogP contribution in [0.5, 0.6) is 0 Å². The fourth-order valence-corrected chi connectivity index (χ4v) is 33.1. The van der Waals surface area contributed by atoms with Gasteiger partial charge < -0.3 is 0 Å². The van der Waals surface area contributed by atoms with E-state index in [1.54, 1.807) is 27.8 Å². The molecule has 4 aromatic rings. The van der Waals surface area contributed by atoms with Gasteiger partial charge in [-0.15, -0.1) is 24.8 Å². The Kier molecular flexibility index (Phi) is 10.8. The molecule has 4 aromatic carbocycles. The van der Waals surface area contributed by atoms with Crippen molar-refractivity contribution in [3.8, 4) is 22.3 Å². The molecule has 0 aromatic heterocycles. The Bertz CT molecular complexity index is 2160. The van der Waals surface area contributed by atoms with Crippen molar-refractivity contribution in [1.29, 1.82) is 0 Å². The Hall–Kier alpha value is -1.96. The van der Waals surface area contributed by atoms with E-state index < -0.39 is 17.4 Å². The van der Waals surface area contributed by atoms with E-state index in [9.17, 15) is 0 Å². The van der Waals surface area contributed by atoms with Crippen LogP contribution in [0.15, 0.2) is 96.1 Å². The third-order valence-electron chi connectivity index (χ3n) is 15.0. The van der Waals surface area contributed by atoms with Gasteiger partial charge in [-0.2, -0.15) is 0 Å². The minimum atomic E-state index is -3.72. The van der Waals surface area contributed by atoms with Crippen molar-refractivity contribution < 1.29 is 17.4 Å². The molecule has 284 valence electrons. The SMILES string of the molecule is CCC1=Cc2c(-c3ccc(C45CC6CC(CC(C6)C4)C5)cc3)cccc2[CH]1[Zr]([CH3])([CH3])(=[SiH2])[CH]1C(C(C)C)=Cc2c(-c3ccc(C(C)C)cc3)cccc21.Cl.Cl. The van der Waals surface area contributed by atoms with E-state index in [1.807, 2.05) is 0 Å². The molecule has 0 amide bonds. The van der Waals surface area contributed by atoms with Gasteiger partial charge in [0.05, 0.1) is 0 Å². The van der Waals surface area contributed by atoms with Crippen molar-refractivity contribution in [3.63, 3.8) is 0 Å². The normalized spacial score (nSPS) is 26.6. The van der Waals surface area contributed by atoms with Crippen LogP contribution in [0.25, 0.3) is 34.4 Å². The fraction of sp³-hybridized carbons (Fsp3) is 0.440. The van der Waals surface area contributed by atoms with Gasteiger partial charge in [0.1, 0.15) is 0 Å². The van der Waals surface area contributed by atoms with Crippen LogP contribution in [-0.2, 0) is 22.8 Å². The van der Waals surface area contributed by atoms with Crippen molar-refractivity contribution >= 4 is 43.8 Å². The summed E-state index contributed by atoms with van der Waals surface area (Å²) in [6, 6.07) is 34.0. The predicted octanol–water partition coefficient (Wildman–Crippen LogP) is 14.4. The topological polar surface area (TPSA) is 0 Å². The Morgan fingerprint density at radius 2 is 1.11 bits per heavy atom. The third-order valence-corrected chi connectivity index (χ3v) is 32.4. The fourth-order valence-electron chi connectivity index (χ4n) is 13.1. The quantitative estimate of drug-likeness (QED) is 0.155.